The number of nitrogens with zero attached hydrogens (tertiary/aromatic N) is 2. The van der Waals surface area contributed by atoms with Crippen LogP contribution in [0.4, 0.5) is 0 Å². The Hall–Kier alpha value is -2.88. The molecule has 0 amide bonds. The lowest BCUT2D eigenvalue weighted by atomic mass is 9.98. The zero-order valence-electron chi connectivity index (χ0n) is 14.8. The summed E-state index contributed by atoms with van der Waals surface area (Å²) in [6.45, 7) is 5.98. The number of rotatable bonds is 2. The van der Waals surface area contributed by atoms with Crippen molar-refractivity contribution in [3.05, 3.63) is 65.4 Å². The molecule has 4 nitrogen and oxygen atoms in total. The fourth-order valence-electron chi connectivity index (χ4n) is 3.19. The Balaban J connectivity index is 1.90. The van der Waals surface area contributed by atoms with Crippen LogP contribution in [0.3, 0.4) is 0 Å². The summed E-state index contributed by atoms with van der Waals surface area (Å²) in [5.74, 6) is 1.54. The van der Waals surface area contributed by atoms with Crippen molar-refractivity contribution in [2.24, 2.45) is 4.99 Å². The van der Waals surface area contributed by atoms with Gasteiger partial charge in [-0.2, -0.15) is 0 Å². The Bertz CT molecular complexity index is 1010. The van der Waals surface area contributed by atoms with E-state index >= 15 is 0 Å². The third kappa shape index (κ3) is 2.74. The first kappa shape index (κ1) is 15.6. The second kappa shape index (κ2) is 5.59. The van der Waals surface area contributed by atoms with E-state index in [0.717, 1.165) is 39.2 Å². The summed E-state index contributed by atoms with van der Waals surface area (Å²) in [4.78, 5) is 9.49. The van der Waals surface area contributed by atoms with Gasteiger partial charge >= 0.3 is 0 Å². The molecular weight excluding hydrogens is 312 g/mol. The maximum atomic E-state index is 6.03. The summed E-state index contributed by atoms with van der Waals surface area (Å²) in [5, 5.41) is 1.11. The Morgan fingerprint density at radius 2 is 1.92 bits per heavy atom. The normalized spacial score (nSPS) is 15.3. The number of hydrogen-bond donors (Lipinski definition) is 0. The van der Waals surface area contributed by atoms with Gasteiger partial charge in [-0.25, -0.2) is 4.99 Å². The third-order valence-corrected chi connectivity index (χ3v) is 4.37. The van der Waals surface area contributed by atoms with Gasteiger partial charge in [0, 0.05) is 28.8 Å². The molecule has 0 unspecified atom stereocenters. The molecule has 2 aromatic carbocycles. The smallest absolute Gasteiger partial charge is 0.195 e. The fraction of sp³-hybridized carbons (Fsp3) is 0.238. The largest absolute Gasteiger partial charge is 0.497 e. The Labute approximate surface area is 147 Å². The number of aliphatic imine (C=N–C) groups is 1. The van der Waals surface area contributed by atoms with Gasteiger partial charge in [0.2, 0.25) is 0 Å². The van der Waals surface area contributed by atoms with Crippen molar-refractivity contribution >= 4 is 16.6 Å². The van der Waals surface area contributed by atoms with Crippen LogP contribution in [0.15, 0.2) is 53.7 Å². The lowest BCUT2D eigenvalue weighted by molar-refractivity contribution is 0.115. The van der Waals surface area contributed by atoms with Gasteiger partial charge in [-0.05, 0) is 44.5 Å². The summed E-state index contributed by atoms with van der Waals surface area (Å²) < 4.78 is 11.4. The fourth-order valence-corrected chi connectivity index (χ4v) is 3.19. The van der Waals surface area contributed by atoms with Gasteiger partial charge in [-0.3, -0.25) is 4.98 Å². The van der Waals surface area contributed by atoms with Crippen LogP contribution in [0.1, 0.15) is 30.5 Å². The molecule has 0 aliphatic carbocycles. The van der Waals surface area contributed by atoms with E-state index in [9.17, 15) is 0 Å². The van der Waals surface area contributed by atoms with E-state index < -0.39 is 5.72 Å². The number of aryl methyl sites for hydroxylation is 1. The molecule has 0 radical (unpaired) electrons. The van der Waals surface area contributed by atoms with E-state index in [0.29, 0.717) is 0 Å². The molecule has 4 heteroatoms. The maximum absolute atomic E-state index is 6.03. The molecule has 0 N–H and O–H groups in total. The molecule has 1 aliphatic heterocycles. The maximum Gasteiger partial charge on any atom is 0.195 e. The summed E-state index contributed by atoms with van der Waals surface area (Å²) in [7, 11) is 1.65. The van der Waals surface area contributed by atoms with Crippen molar-refractivity contribution in [1.82, 2.24) is 4.98 Å². The number of para-hydroxylation sites is 1. The van der Waals surface area contributed by atoms with E-state index in [-0.39, 0.29) is 0 Å². The number of pyridine rings is 1. The minimum absolute atomic E-state index is 0.643. The predicted octanol–water partition coefficient (Wildman–Crippen LogP) is 4.52. The number of ether oxygens (including phenoxy) is 2. The topological polar surface area (TPSA) is 43.7 Å². The van der Waals surface area contributed by atoms with Gasteiger partial charge in [-0.15, -0.1) is 0 Å². The molecule has 126 valence electrons. The molecule has 0 fully saturated rings. The molecule has 0 spiro atoms. The van der Waals surface area contributed by atoms with Crippen LogP contribution >= 0.6 is 0 Å². The summed E-state index contributed by atoms with van der Waals surface area (Å²) in [5.41, 5.74) is 4.38. The molecule has 0 saturated carbocycles. The molecule has 0 saturated heterocycles. The standard InChI is InChI=1S/C21H20N2O2/c1-13-6-5-7-14-10-15(12-22-19(13)14)20-17-9-8-16(24-4)11-18(17)25-21(2,3)23-20/h5-12H,1-4H3. The van der Waals surface area contributed by atoms with E-state index in [4.69, 9.17) is 14.5 Å². The monoisotopic (exact) mass is 332 g/mol. The van der Waals surface area contributed by atoms with Crippen LogP contribution in [0, 0.1) is 6.92 Å². The summed E-state index contributed by atoms with van der Waals surface area (Å²) in [6.07, 6.45) is 1.89. The van der Waals surface area contributed by atoms with Gasteiger partial charge in [0.05, 0.1) is 18.3 Å². The first-order valence-electron chi connectivity index (χ1n) is 8.30. The van der Waals surface area contributed by atoms with Gasteiger partial charge in [0.25, 0.3) is 0 Å². The van der Waals surface area contributed by atoms with Crippen molar-refractivity contribution in [3.8, 4) is 11.5 Å². The van der Waals surface area contributed by atoms with E-state index in [1.165, 1.54) is 5.56 Å². The molecule has 3 aromatic rings. The van der Waals surface area contributed by atoms with Crippen LogP contribution < -0.4 is 9.47 Å². The molecule has 4 rings (SSSR count). The number of aromatic nitrogens is 1. The molecule has 2 heterocycles. The lowest BCUT2D eigenvalue weighted by Crippen LogP contribution is -2.32. The molecule has 1 aromatic heterocycles. The van der Waals surface area contributed by atoms with Crippen molar-refractivity contribution in [3.63, 3.8) is 0 Å². The number of fused-ring (bicyclic) bond motifs is 2. The first-order chi connectivity index (χ1) is 12.0. The quantitative estimate of drug-likeness (QED) is 0.693. The van der Waals surface area contributed by atoms with E-state index in [2.05, 4.69) is 36.2 Å². The zero-order valence-corrected chi connectivity index (χ0v) is 14.8. The highest BCUT2D eigenvalue weighted by atomic mass is 16.5. The number of hydrogen-bond acceptors (Lipinski definition) is 4. The van der Waals surface area contributed by atoms with Gasteiger partial charge in [0.1, 0.15) is 11.5 Å². The van der Waals surface area contributed by atoms with E-state index in [1.807, 2.05) is 38.2 Å². The van der Waals surface area contributed by atoms with Crippen LogP contribution in [0.5, 0.6) is 11.5 Å². The van der Waals surface area contributed by atoms with Crippen LogP contribution in [-0.4, -0.2) is 23.5 Å². The second-order valence-corrected chi connectivity index (χ2v) is 6.74. The minimum atomic E-state index is -0.643. The number of benzene rings is 2. The first-order valence-corrected chi connectivity index (χ1v) is 8.30. The van der Waals surface area contributed by atoms with Crippen molar-refractivity contribution in [1.29, 1.82) is 0 Å². The minimum Gasteiger partial charge on any atom is -0.497 e. The van der Waals surface area contributed by atoms with E-state index in [1.54, 1.807) is 7.11 Å². The van der Waals surface area contributed by atoms with Gasteiger partial charge in [-0.1, -0.05) is 18.2 Å². The summed E-state index contributed by atoms with van der Waals surface area (Å²) in [6, 6.07) is 14.2. The van der Waals surface area contributed by atoms with Crippen molar-refractivity contribution < 1.29 is 9.47 Å². The van der Waals surface area contributed by atoms with Crippen LogP contribution in [0.25, 0.3) is 10.9 Å². The molecule has 0 atom stereocenters. The second-order valence-electron chi connectivity index (χ2n) is 6.74. The molecular formula is C21H20N2O2. The highest BCUT2D eigenvalue weighted by Gasteiger charge is 2.29. The average molecular weight is 332 g/mol. The lowest BCUT2D eigenvalue weighted by Gasteiger charge is -2.30. The van der Waals surface area contributed by atoms with Crippen molar-refractivity contribution in [2.45, 2.75) is 26.5 Å². The van der Waals surface area contributed by atoms with Gasteiger partial charge < -0.3 is 9.47 Å². The average Bonchev–Trinajstić information content (AvgIpc) is 2.59. The Kier molecular flexibility index (Phi) is 3.49. The van der Waals surface area contributed by atoms with Crippen LogP contribution in [0.2, 0.25) is 0 Å². The highest BCUT2D eigenvalue weighted by Crippen LogP contribution is 2.35. The Morgan fingerprint density at radius 1 is 1.08 bits per heavy atom. The van der Waals surface area contributed by atoms with Gasteiger partial charge in [0.15, 0.2) is 5.72 Å². The number of methoxy groups -OCH3 is 1. The highest BCUT2D eigenvalue weighted by molar-refractivity contribution is 6.16. The molecule has 1 aliphatic rings. The Morgan fingerprint density at radius 3 is 2.72 bits per heavy atom. The van der Waals surface area contributed by atoms with Crippen molar-refractivity contribution in [2.75, 3.05) is 7.11 Å². The molecule has 25 heavy (non-hydrogen) atoms. The predicted molar refractivity (Wildman–Crippen MR) is 99.8 cm³/mol. The van der Waals surface area contributed by atoms with Crippen LogP contribution in [-0.2, 0) is 0 Å². The molecule has 0 bridgehead atoms. The third-order valence-electron chi connectivity index (χ3n) is 4.37. The summed E-state index contributed by atoms with van der Waals surface area (Å²) >= 11 is 0. The SMILES string of the molecule is COc1ccc2c(c1)OC(C)(C)N=C2c1cnc2c(C)cccc2c1. The zero-order chi connectivity index (χ0) is 17.6.